The van der Waals surface area contributed by atoms with Crippen LogP contribution in [0.25, 0.3) is 0 Å². The predicted molar refractivity (Wildman–Crippen MR) is 48.8 cm³/mol. The van der Waals surface area contributed by atoms with E-state index in [2.05, 4.69) is 19.2 Å². The average molecular weight is 177 g/mol. The number of hydrogen-bond donors (Lipinski definition) is 3. The molecule has 1 unspecified atom stereocenters. The summed E-state index contributed by atoms with van der Waals surface area (Å²) in [4.78, 5) is 17.7. The highest BCUT2D eigenvalue weighted by Crippen LogP contribution is 2.08. The Labute approximate surface area is 70.3 Å². The zero-order chi connectivity index (χ0) is 8.85. The molecular weight excluding hydrogens is 158 g/mol. The molecule has 0 aliphatic carbocycles. The maximum Gasteiger partial charge on any atom is 0.318 e. The summed E-state index contributed by atoms with van der Waals surface area (Å²) in [6.45, 7) is 6.93. The van der Waals surface area contributed by atoms with Crippen LogP contribution in [-0.2, 0) is 0 Å². The van der Waals surface area contributed by atoms with Crippen LogP contribution in [0.5, 0.6) is 0 Å². The quantitative estimate of drug-likeness (QED) is 0.517. The van der Waals surface area contributed by atoms with E-state index in [9.17, 15) is 0 Å². The summed E-state index contributed by atoms with van der Waals surface area (Å²) in [7, 11) is -2.37. The van der Waals surface area contributed by atoms with Crippen molar-refractivity contribution in [3.63, 3.8) is 0 Å². The van der Waals surface area contributed by atoms with E-state index in [0.29, 0.717) is 6.04 Å². The molecule has 0 radical (unpaired) electrons. The van der Waals surface area contributed by atoms with E-state index in [4.69, 9.17) is 9.59 Å². The van der Waals surface area contributed by atoms with Gasteiger partial charge >= 0.3 is 9.28 Å². The Bertz CT molecular complexity index is 98.4. The fourth-order valence-corrected chi connectivity index (χ4v) is 1.21. The predicted octanol–water partition coefficient (Wildman–Crippen LogP) is -0.0303. The van der Waals surface area contributed by atoms with Gasteiger partial charge in [-0.25, -0.2) is 0 Å². The molecule has 0 fully saturated rings. The first kappa shape index (κ1) is 11.1. The van der Waals surface area contributed by atoms with Crippen LogP contribution in [0.4, 0.5) is 0 Å². The normalized spacial score (nSPS) is 14.5. The lowest BCUT2D eigenvalue weighted by Gasteiger charge is -2.13. The molecule has 0 saturated carbocycles. The minimum atomic E-state index is -2.37. The van der Waals surface area contributed by atoms with Gasteiger partial charge < -0.3 is 14.9 Å². The van der Waals surface area contributed by atoms with Crippen molar-refractivity contribution >= 4 is 9.28 Å². The van der Waals surface area contributed by atoms with Crippen LogP contribution < -0.4 is 5.32 Å². The molecule has 4 heteroatoms. The smallest absolute Gasteiger partial charge is 0.318 e. The highest BCUT2D eigenvalue weighted by molar-refractivity contribution is 6.42. The van der Waals surface area contributed by atoms with Crippen LogP contribution in [0.15, 0.2) is 0 Å². The van der Waals surface area contributed by atoms with Crippen molar-refractivity contribution in [3.8, 4) is 0 Å². The Balaban J connectivity index is 3.24. The zero-order valence-corrected chi connectivity index (χ0v) is 8.70. The first-order valence-corrected chi connectivity index (χ1v) is 5.83. The second kappa shape index (κ2) is 5.71. The monoisotopic (exact) mass is 177 g/mol. The Morgan fingerprint density at radius 3 is 2.18 bits per heavy atom. The molecule has 0 saturated heterocycles. The third kappa shape index (κ3) is 6.49. The second-order valence-corrected chi connectivity index (χ2v) is 5.25. The van der Waals surface area contributed by atoms with E-state index >= 15 is 0 Å². The summed E-state index contributed by atoms with van der Waals surface area (Å²) in [5, 5.41) is 3.23. The van der Waals surface area contributed by atoms with Gasteiger partial charge in [0.25, 0.3) is 0 Å². The highest BCUT2D eigenvalue weighted by Gasteiger charge is 2.12. The lowest BCUT2D eigenvalue weighted by molar-refractivity contribution is 0.380. The summed E-state index contributed by atoms with van der Waals surface area (Å²) < 4.78 is 0. The van der Waals surface area contributed by atoms with E-state index in [-0.39, 0.29) is 5.54 Å². The number of rotatable bonds is 5. The molecule has 0 aromatic carbocycles. The summed E-state index contributed by atoms with van der Waals surface area (Å²) in [5.41, 5.74) is 0.0984. The molecule has 0 bridgehead atoms. The molecule has 0 aromatic heterocycles. The number of nitrogens with one attached hydrogen (secondary N) is 1. The van der Waals surface area contributed by atoms with Crippen molar-refractivity contribution in [1.29, 1.82) is 0 Å². The first-order chi connectivity index (χ1) is 5.04. The van der Waals surface area contributed by atoms with Crippen molar-refractivity contribution in [1.82, 2.24) is 5.32 Å². The molecule has 0 rings (SSSR count). The molecule has 1 atom stereocenters. The second-order valence-electron chi connectivity index (χ2n) is 3.29. The minimum absolute atomic E-state index is 0.0984. The van der Waals surface area contributed by atoms with Gasteiger partial charge in [-0.3, -0.25) is 0 Å². The molecular formula is C7H19NO2Si. The summed E-state index contributed by atoms with van der Waals surface area (Å²) in [6.07, 6.45) is 0.863. The average Bonchev–Trinajstić information content (AvgIpc) is 1.86. The van der Waals surface area contributed by atoms with Crippen molar-refractivity contribution < 1.29 is 9.59 Å². The SMILES string of the molecule is CC(C)NCCC(C)[SiH](O)O. The molecule has 0 aliphatic heterocycles. The van der Waals surface area contributed by atoms with E-state index in [1.54, 1.807) is 0 Å². The van der Waals surface area contributed by atoms with Crippen LogP contribution in [-0.4, -0.2) is 31.5 Å². The van der Waals surface area contributed by atoms with Gasteiger partial charge in [0.15, 0.2) is 0 Å². The molecule has 0 heterocycles. The molecule has 3 nitrogen and oxygen atoms in total. The Hall–Kier alpha value is 0.0969. The Morgan fingerprint density at radius 1 is 1.27 bits per heavy atom. The molecule has 11 heavy (non-hydrogen) atoms. The summed E-state index contributed by atoms with van der Waals surface area (Å²) >= 11 is 0. The summed E-state index contributed by atoms with van der Waals surface area (Å²) in [6, 6.07) is 0.486. The fraction of sp³-hybridized carbons (Fsp3) is 1.00. The van der Waals surface area contributed by atoms with Crippen LogP contribution in [0, 0.1) is 0 Å². The minimum Gasteiger partial charge on any atom is -0.413 e. The zero-order valence-electron chi connectivity index (χ0n) is 7.54. The molecule has 0 amide bonds. The van der Waals surface area contributed by atoms with Gasteiger partial charge in [-0.1, -0.05) is 20.8 Å². The Kier molecular flexibility index (Phi) is 5.76. The largest absolute Gasteiger partial charge is 0.413 e. The van der Waals surface area contributed by atoms with Crippen LogP contribution in [0.3, 0.4) is 0 Å². The fourth-order valence-electron chi connectivity index (χ4n) is 0.749. The van der Waals surface area contributed by atoms with E-state index < -0.39 is 9.28 Å². The van der Waals surface area contributed by atoms with Gasteiger partial charge in [0.05, 0.1) is 0 Å². The standard InChI is InChI=1S/C7H19NO2Si/c1-6(2)8-5-4-7(3)11(9)10/h6-11H,4-5H2,1-3H3. The molecule has 0 aromatic rings. The van der Waals surface area contributed by atoms with Crippen LogP contribution >= 0.6 is 0 Å². The molecule has 0 spiro atoms. The molecule has 0 aliphatic rings. The van der Waals surface area contributed by atoms with Gasteiger partial charge in [-0.2, -0.15) is 0 Å². The highest BCUT2D eigenvalue weighted by atomic mass is 28.3. The van der Waals surface area contributed by atoms with Gasteiger partial charge in [0, 0.05) is 6.04 Å². The van der Waals surface area contributed by atoms with Crippen LogP contribution in [0.2, 0.25) is 5.54 Å². The van der Waals surface area contributed by atoms with Gasteiger partial charge in [0.2, 0.25) is 0 Å². The lowest BCUT2D eigenvalue weighted by Crippen LogP contribution is -2.27. The van der Waals surface area contributed by atoms with Crippen molar-refractivity contribution in [2.75, 3.05) is 6.54 Å². The van der Waals surface area contributed by atoms with Gasteiger partial charge in [-0.15, -0.1) is 0 Å². The first-order valence-electron chi connectivity index (χ1n) is 4.13. The molecule has 68 valence electrons. The Morgan fingerprint density at radius 2 is 1.82 bits per heavy atom. The van der Waals surface area contributed by atoms with Gasteiger partial charge in [0.1, 0.15) is 0 Å². The van der Waals surface area contributed by atoms with Gasteiger partial charge in [-0.05, 0) is 18.5 Å². The van der Waals surface area contributed by atoms with Crippen molar-refractivity contribution in [3.05, 3.63) is 0 Å². The maximum atomic E-state index is 8.85. The third-order valence-corrected chi connectivity index (χ3v) is 3.01. The number of hydrogen-bond acceptors (Lipinski definition) is 3. The van der Waals surface area contributed by atoms with E-state index in [1.165, 1.54) is 0 Å². The molecule has 3 N–H and O–H groups in total. The summed E-state index contributed by atoms with van der Waals surface area (Å²) in [5.74, 6) is 0. The maximum absolute atomic E-state index is 8.85. The van der Waals surface area contributed by atoms with Crippen LogP contribution in [0.1, 0.15) is 27.2 Å². The van der Waals surface area contributed by atoms with Crippen molar-refractivity contribution in [2.24, 2.45) is 0 Å². The van der Waals surface area contributed by atoms with Crippen molar-refractivity contribution in [2.45, 2.75) is 38.8 Å². The van der Waals surface area contributed by atoms with E-state index in [1.807, 2.05) is 6.92 Å². The third-order valence-electron chi connectivity index (χ3n) is 1.66. The van der Waals surface area contributed by atoms with E-state index in [0.717, 1.165) is 13.0 Å². The lowest BCUT2D eigenvalue weighted by atomic mass is 10.3. The topological polar surface area (TPSA) is 52.5 Å².